The number of benzene rings is 1. The minimum absolute atomic E-state index is 0.130. The molecule has 2 N–H and O–H groups in total. The molecule has 1 aliphatic carbocycles. The molecule has 1 unspecified atom stereocenters. The van der Waals surface area contributed by atoms with Gasteiger partial charge in [-0.2, -0.15) is 0 Å². The van der Waals surface area contributed by atoms with Gasteiger partial charge in [0.25, 0.3) is 5.91 Å². The summed E-state index contributed by atoms with van der Waals surface area (Å²) < 4.78 is 0.797. The molecular formula is C16H21BrN2O. The molecule has 1 aromatic rings. The average molecular weight is 337 g/mol. The van der Waals surface area contributed by atoms with Gasteiger partial charge in [-0.05, 0) is 52.2 Å². The van der Waals surface area contributed by atoms with Gasteiger partial charge in [-0.3, -0.25) is 10.2 Å². The Balaban J connectivity index is 1.99. The predicted molar refractivity (Wildman–Crippen MR) is 85.0 cm³/mol. The van der Waals surface area contributed by atoms with Gasteiger partial charge in [0.15, 0.2) is 0 Å². The summed E-state index contributed by atoms with van der Waals surface area (Å²) in [7, 11) is 0. The van der Waals surface area contributed by atoms with Crippen molar-refractivity contribution in [3.63, 3.8) is 0 Å². The standard InChI is InChI=1S/C16H21BrN2O/c1-11-8-12(10-16(2,3)9-11)18-19-15(20)13-6-4-5-7-14(13)17/h4-8,11,18H,9-10H2,1-3H3,(H,19,20). The molecule has 2 rings (SSSR count). The molecule has 1 amide bonds. The summed E-state index contributed by atoms with van der Waals surface area (Å²) in [6.07, 6.45) is 4.33. The van der Waals surface area contributed by atoms with Crippen molar-refractivity contribution in [1.29, 1.82) is 0 Å². The van der Waals surface area contributed by atoms with Crippen LogP contribution in [0.1, 0.15) is 44.0 Å². The van der Waals surface area contributed by atoms with Gasteiger partial charge in [0.2, 0.25) is 0 Å². The summed E-state index contributed by atoms with van der Waals surface area (Å²) in [5.41, 5.74) is 7.85. The molecule has 0 bridgehead atoms. The Morgan fingerprint density at radius 2 is 2.05 bits per heavy atom. The van der Waals surface area contributed by atoms with Crippen LogP contribution in [0.2, 0.25) is 0 Å². The zero-order valence-corrected chi connectivity index (χ0v) is 13.8. The highest BCUT2D eigenvalue weighted by Gasteiger charge is 2.26. The van der Waals surface area contributed by atoms with E-state index in [2.05, 4.69) is 53.6 Å². The lowest BCUT2D eigenvalue weighted by Crippen LogP contribution is -2.39. The lowest BCUT2D eigenvalue weighted by atomic mass is 9.75. The van der Waals surface area contributed by atoms with Gasteiger partial charge in [0, 0.05) is 10.2 Å². The Morgan fingerprint density at radius 3 is 2.70 bits per heavy atom. The van der Waals surface area contributed by atoms with Crippen LogP contribution in [0.15, 0.2) is 40.5 Å². The predicted octanol–water partition coefficient (Wildman–Crippen LogP) is 4.02. The fourth-order valence-corrected chi connectivity index (χ4v) is 3.32. The third kappa shape index (κ3) is 3.85. The number of allylic oxidation sites excluding steroid dienone is 2. The van der Waals surface area contributed by atoms with Crippen molar-refractivity contribution in [2.45, 2.75) is 33.6 Å². The molecule has 0 spiro atoms. The Morgan fingerprint density at radius 1 is 1.35 bits per heavy atom. The van der Waals surface area contributed by atoms with Gasteiger partial charge >= 0.3 is 0 Å². The zero-order chi connectivity index (χ0) is 14.8. The lowest BCUT2D eigenvalue weighted by Gasteiger charge is -2.33. The molecule has 0 fully saturated rings. The van der Waals surface area contributed by atoms with E-state index in [1.807, 2.05) is 18.2 Å². The number of carbonyl (C=O) groups excluding carboxylic acids is 1. The van der Waals surface area contributed by atoms with Crippen molar-refractivity contribution in [1.82, 2.24) is 10.9 Å². The molecule has 1 atom stereocenters. The average Bonchev–Trinajstić information content (AvgIpc) is 2.34. The molecular weight excluding hydrogens is 316 g/mol. The second kappa shape index (κ2) is 6.00. The van der Waals surface area contributed by atoms with Crippen molar-refractivity contribution in [2.75, 3.05) is 0 Å². The van der Waals surface area contributed by atoms with Crippen molar-refractivity contribution < 1.29 is 4.79 Å². The van der Waals surface area contributed by atoms with Crippen LogP contribution >= 0.6 is 15.9 Å². The molecule has 4 heteroatoms. The molecule has 108 valence electrons. The smallest absolute Gasteiger partial charge is 0.270 e. The number of hydrogen-bond donors (Lipinski definition) is 2. The third-order valence-corrected chi connectivity index (χ3v) is 4.18. The summed E-state index contributed by atoms with van der Waals surface area (Å²) in [4.78, 5) is 12.1. The third-order valence-electron chi connectivity index (χ3n) is 3.48. The van der Waals surface area contributed by atoms with Gasteiger partial charge in [-0.25, -0.2) is 0 Å². The van der Waals surface area contributed by atoms with Crippen molar-refractivity contribution >= 4 is 21.8 Å². The topological polar surface area (TPSA) is 41.1 Å². The van der Waals surface area contributed by atoms with E-state index in [1.165, 1.54) is 6.42 Å². The van der Waals surface area contributed by atoms with Crippen LogP contribution in [-0.2, 0) is 0 Å². The maximum absolute atomic E-state index is 12.1. The SMILES string of the molecule is CC1C=C(NNC(=O)c2ccccc2Br)CC(C)(C)C1. The monoisotopic (exact) mass is 336 g/mol. The maximum Gasteiger partial charge on any atom is 0.270 e. The molecule has 1 aromatic carbocycles. The van der Waals surface area contributed by atoms with Gasteiger partial charge in [-0.15, -0.1) is 0 Å². The molecule has 0 aromatic heterocycles. The number of carbonyl (C=O) groups is 1. The van der Waals surface area contributed by atoms with Crippen molar-refractivity contribution in [3.8, 4) is 0 Å². The number of hydrogen-bond acceptors (Lipinski definition) is 2. The largest absolute Gasteiger partial charge is 0.303 e. The van der Waals surface area contributed by atoms with E-state index < -0.39 is 0 Å². The van der Waals surface area contributed by atoms with E-state index in [4.69, 9.17) is 0 Å². The number of nitrogens with one attached hydrogen (secondary N) is 2. The summed E-state index contributed by atoms with van der Waals surface area (Å²) in [5, 5.41) is 0. The normalized spacial score (nSPS) is 21.0. The molecule has 20 heavy (non-hydrogen) atoms. The minimum Gasteiger partial charge on any atom is -0.303 e. The van der Waals surface area contributed by atoms with Crippen molar-refractivity contribution in [3.05, 3.63) is 46.1 Å². The van der Waals surface area contributed by atoms with Gasteiger partial charge in [-0.1, -0.05) is 39.0 Å². The Bertz CT molecular complexity index is 537. The van der Waals surface area contributed by atoms with Crippen LogP contribution in [0.4, 0.5) is 0 Å². The van der Waals surface area contributed by atoms with Crippen LogP contribution in [0.5, 0.6) is 0 Å². The summed E-state index contributed by atoms with van der Waals surface area (Å²) >= 11 is 3.39. The first-order valence-electron chi connectivity index (χ1n) is 6.89. The molecule has 1 aliphatic rings. The summed E-state index contributed by atoms with van der Waals surface area (Å²) in [5.74, 6) is 0.399. The molecule has 0 radical (unpaired) electrons. The van der Waals surface area contributed by atoms with Crippen molar-refractivity contribution in [2.24, 2.45) is 11.3 Å². The van der Waals surface area contributed by atoms with Crippen LogP contribution in [0.3, 0.4) is 0 Å². The minimum atomic E-state index is -0.130. The van der Waals surface area contributed by atoms with Crippen LogP contribution in [0.25, 0.3) is 0 Å². The molecule has 3 nitrogen and oxygen atoms in total. The van der Waals surface area contributed by atoms with E-state index in [0.717, 1.165) is 16.6 Å². The zero-order valence-electron chi connectivity index (χ0n) is 12.2. The van der Waals surface area contributed by atoms with Crippen LogP contribution in [0, 0.1) is 11.3 Å². The number of halogens is 1. The van der Waals surface area contributed by atoms with Gasteiger partial charge in [0.05, 0.1) is 5.56 Å². The number of hydrazine groups is 1. The first-order valence-corrected chi connectivity index (χ1v) is 7.68. The Hall–Kier alpha value is -1.29. The second-order valence-electron chi connectivity index (χ2n) is 6.27. The van der Waals surface area contributed by atoms with E-state index in [1.54, 1.807) is 6.07 Å². The first-order chi connectivity index (χ1) is 9.37. The number of amides is 1. The quantitative estimate of drug-likeness (QED) is 0.818. The highest BCUT2D eigenvalue weighted by Crippen LogP contribution is 2.36. The van der Waals surface area contributed by atoms with Crippen LogP contribution in [-0.4, -0.2) is 5.91 Å². The van der Waals surface area contributed by atoms with Crippen LogP contribution < -0.4 is 10.9 Å². The summed E-state index contributed by atoms with van der Waals surface area (Å²) in [6.45, 7) is 6.72. The lowest BCUT2D eigenvalue weighted by molar-refractivity contribution is 0.0934. The summed E-state index contributed by atoms with van der Waals surface area (Å²) in [6, 6.07) is 7.40. The van der Waals surface area contributed by atoms with E-state index in [0.29, 0.717) is 11.5 Å². The molecule has 0 aliphatic heterocycles. The van der Waals surface area contributed by atoms with Gasteiger partial charge < -0.3 is 5.43 Å². The fourth-order valence-electron chi connectivity index (χ4n) is 2.86. The van der Waals surface area contributed by atoms with E-state index in [9.17, 15) is 4.79 Å². The Kier molecular flexibility index (Phi) is 4.53. The maximum atomic E-state index is 12.1. The second-order valence-corrected chi connectivity index (χ2v) is 7.13. The van der Waals surface area contributed by atoms with E-state index in [-0.39, 0.29) is 11.3 Å². The fraction of sp³-hybridized carbons (Fsp3) is 0.438. The van der Waals surface area contributed by atoms with E-state index >= 15 is 0 Å². The molecule has 0 saturated carbocycles. The molecule has 0 saturated heterocycles. The first kappa shape index (κ1) is 15.1. The Labute approximate surface area is 128 Å². The highest BCUT2D eigenvalue weighted by atomic mass is 79.9. The number of rotatable bonds is 3. The van der Waals surface area contributed by atoms with Gasteiger partial charge in [0.1, 0.15) is 0 Å². The highest BCUT2D eigenvalue weighted by molar-refractivity contribution is 9.10. The molecule has 0 heterocycles.